The van der Waals surface area contributed by atoms with Crippen molar-refractivity contribution in [1.82, 2.24) is 10.1 Å². The molecular weight excluding hydrogens is 266 g/mol. The van der Waals surface area contributed by atoms with Crippen molar-refractivity contribution in [2.24, 2.45) is 0 Å². The monoisotopic (exact) mass is 279 g/mol. The van der Waals surface area contributed by atoms with E-state index in [2.05, 4.69) is 15.5 Å². The normalized spacial score (nSPS) is 10.1. The van der Waals surface area contributed by atoms with Gasteiger partial charge in [0.15, 0.2) is 11.5 Å². The van der Waals surface area contributed by atoms with Crippen LogP contribution in [-0.4, -0.2) is 42.0 Å². The Morgan fingerprint density at radius 2 is 2.10 bits per heavy atom. The van der Waals surface area contributed by atoms with Gasteiger partial charge in [-0.15, -0.1) is 0 Å². The maximum atomic E-state index is 10.4. The molecular formula is C12H13N3O5. The number of methoxy groups -OCH3 is 2. The third-order valence-electron chi connectivity index (χ3n) is 2.46. The molecule has 0 atom stereocenters. The van der Waals surface area contributed by atoms with Gasteiger partial charge in [-0.25, -0.2) is 0 Å². The molecule has 0 unspecified atom stereocenters. The quantitative estimate of drug-likeness (QED) is 0.813. The summed E-state index contributed by atoms with van der Waals surface area (Å²) in [6.07, 6.45) is 0. The lowest BCUT2D eigenvalue weighted by Gasteiger charge is -2.07. The third-order valence-corrected chi connectivity index (χ3v) is 2.46. The highest BCUT2D eigenvalue weighted by molar-refractivity contribution is 5.71. The van der Waals surface area contributed by atoms with E-state index in [9.17, 15) is 4.79 Å². The highest BCUT2D eigenvalue weighted by atomic mass is 16.5. The van der Waals surface area contributed by atoms with Crippen LogP contribution in [0.1, 0.15) is 0 Å². The lowest BCUT2D eigenvalue weighted by Crippen LogP contribution is -2.12. The van der Waals surface area contributed by atoms with Gasteiger partial charge in [0, 0.05) is 5.56 Å². The van der Waals surface area contributed by atoms with Gasteiger partial charge in [0.1, 0.15) is 6.54 Å². The van der Waals surface area contributed by atoms with Gasteiger partial charge >= 0.3 is 12.0 Å². The fourth-order valence-corrected chi connectivity index (χ4v) is 1.54. The molecule has 20 heavy (non-hydrogen) atoms. The van der Waals surface area contributed by atoms with E-state index >= 15 is 0 Å². The van der Waals surface area contributed by atoms with E-state index in [0.717, 1.165) is 0 Å². The lowest BCUT2D eigenvalue weighted by molar-refractivity contribution is -0.134. The molecule has 106 valence electrons. The zero-order valence-electron chi connectivity index (χ0n) is 10.9. The van der Waals surface area contributed by atoms with E-state index in [1.54, 1.807) is 25.3 Å². The Labute approximate surface area is 114 Å². The summed E-state index contributed by atoms with van der Waals surface area (Å²) in [6.45, 7) is -0.298. The Kier molecular flexibility index (Phi) is 4.04. The number of nitrogens with zero attached hydrogens (tertiary/aromatic N) is 2. The summed E-state index contributed by atoms with van der Waals surface area (Å²) < 4.78 is 15.2. The molecule has 0 aliphatic rings. The van der Waals surface area contributed by atoms with E-state index < -0.39 is 5.97 Å². The van der Waals surface area contributed by atoms with Crippen LogP contribution < -0.4 is 14.8 Å². The second-order valence-electron chi connectivity index (χ2n) is 3.74. The molecule has 0 aliphatic carbocycles. The van der Waals surface area contributed by atoms with Crippen molar-refractivity contribution in [1.29, 1.82) is 0 Å². The predicted octanol–water partition coefficient (Wildman–Crippen LogP) is 1.25. The number of aliphatic carboxylic acids is 1. The number of benzene rings is 1. The van der Waals surface area contributed by atoms with Gasteiger partial charge < -0.3 is 24.4 Å². The fraction of sp³-hybridized carbons (Fsp3) is 0.250. The van der Waals surface area contributed by atoms with Crippen LogP contribution in [0.15, 0.2) is 22.7 Å². The van der Waals surface area contributed by atoms with Crippen molar-refractivity contribution in [3.05, 3.63) is 18.2 Å². The molecule has 8 heteroatoms. The number of carboxylic acids is 1. The summed E-state index contributed by atoms with van der Waals surface area (Å²) in [7, 11) is 3.07. The summed E-state index contributed by atoms with van der Waals surface area (Å²) in [5.74, 6) is 0.425. The second kappa shape index (κ2) is 5.91. The molecule has 0 radical (unpaired) electrons. The Hall–Kier alpha value is -2.77. The predicted molar refractivity (Wildman–Crippen MR) is 69.0 cm³/mol. The SMILES string of the molecule is COc1ccc(-c2noc(NCC(=O)O)n2)cc1OC. The van der Waals surface area contributed by atoms with Crippen molar-refractivity contribution in [3.63, 3.8) is 0 Å². The minimum Gasteiger partial charge on any atom is -0.493 e. The Morgan fingerprint density at radius 3 is 2.75 bits per heavy atom. The lowest BCUT2D eigenvalue weighted by atomic mass is 10.2. The topological polar surface area (TPSA) is 107 Å². The van der Waals surface area contributed by atoms with Crippen molar-refractivity contribution < 1.29 is 23.9 Å². The Morgan fingerprint density at radius 1 is 1.35 bits per heavy atom. The van der Waals surface area contributed by atoms with E-state index in [1.807, 2.05) is 0 Å². The first-order valence-corrected chi connectivity index (χ1v) is 5.66. The molecule has 2 N–H and O–H groups in total. The maximum absolute atomic E-state index is 10.4. The molecule has 0 amide bonds. The average molecular weight is 279 g/mol. The van der Waals surface area contributed by atoms with Crippen molar-refractivity contribution in [2.75, 3.05) is 26.1 Å². The molecule has 2 aromatic rings. The number of rotatable bonds is 6. The number of hydrogen-bond donors (Lipinski definition) is 2. The van der Waals surface area contributed by atoms with Gasteiger partial charge in [0.05, 0.1) is 14.2 Å². The van der Waals surface area contributed by atoms with Gasteiger partial charge in [-0.05, 0) is 18.2 Å². The van der Waals surface area contributed by atoms with Crippen molar-refractivity contribution in [3.8, 4) is 22.9 Å². The van der Waals surface area contributed by atoms with Crippen LogP contribution in [0.5, 0.6) is 11.5 Å². The number of nitrogens with one attached hydrogen (secondary N) is 1. The minimum atomic E-state index is -1.02. The molecule has 1 aromatic carbocycles. The Balaban J connectivity index is 2.21. The van der Waals surface area contributed by atoms with E-state index in [4.69, 9.17) is 19.1 Å². The summed E-state index contributed by atoms with van der Waals surface area (Å²) in [6, 6.07) is 5.20. The van der Waals surface area contributed by atoms with E-state index in [0.29, 0.717) is 22.9 Å². The van der Waals surface area contributed by atoms with Crippen LogP contribution in [-0.2, 0) is 4.79 Å². The molecule has 0 saturated carbocycles. The van der Waals surface area contributed by atoms with Crippen LogP contribution in [0.3, 0.4) is 0 Å². The Bertz CT molecular complexity index is 611. The average Bonchev–Trinajstić information content (AvgIpc) is 2.93. The number of aromatic nitrogens is 2. The highest BCUT2D eigenvalue weighted by Gasteiger charge is 2.12. The molecule has 1 heterocycles. The maximum Gasteiger partial charge on any atom is 0.323 e. The van der Waals surface area contributed by atoms with Gasteiger partial charge in [-0.3, -0.25) is 4.79 Å². The molecule has 0 fully saturated rings. The fourth-order valence-electron chi connectivity index (χ4n) is 1.54. The third kappa shape index (κ3) is 2.97. The zero-order chi connectivity index (χ0) is 14.5. The van der Waals surface area contributed by atoms with E-state index in [1.165, 1.54) is 7.11 Å². The molecule has 2 rings (SSSR count). The zero-order valence-corrected chi connectivity index (χ0v) is 10.9. The minimum absolute atomic E-state index is 0.0391. The summed E-state index contributed by atoms with van der Waals surface area (Å²) in [4.78, 5) is 14.5. The first-order valence-electron chi connectivity index (χ1n) is 5.66. The van der Waals surface area contributed by atoms with Crippen LogP contribution in [0, 0.1) is 0 Å². The molecule has 0 saturated heterocycles. The smallest absolute Gasteiger partial charge is 0.323 e. The van der Waals surface area contributed by atoms with Crippen LogP contribution in [0.4, 0.5) is 6.01 Å². The van der Waals surface area contributed by atoms with Gasteiger partial charge in [-0.2, -0.15) is 4.98 Å². The highest BCUT2D eigenvalue weighted by Crippen LogP contribution is 2.31. The molecule has 0 spiro atoms. The first-order chi connectivity index (χ1) is 9.63. The van der Waals surface area contributed by atoms with Crippen LogP contribution in [0.25, 0.3) is 11.4 Å². The standard InChI is InChI=1S/C12H13N3O5/c1-18-8-4-3-7(5-9(8)19-2)11-14-12(20-15-11)13-6-10(16)17/h3-5H,6H2,1-2H3,(H,16,17)(H,13,14,15). The molecule has 1 aromatic heterocycles. The van der Waals surface area contributed by atoms with E-state index in [-0.39, 0.29) is 12.6 Å². The summed E-state index contributed by atoms with van der Waals surface area (Å²) in [5.41, 5.74) is 0.662. The van der Waals surface area contributed by atoms with Gasteiger partial charge in [0.25, 0.3) is 0 Å². The van der Waals surface area contributed by atoms with Gasteiger partial charge in [-0.1, -0.05) is 5.16 Å². The van der Waals surface area contributed by atoms with Gasteiger partial charge in [0.2, 0.25) is 5.82 Å². The summed E-state index contributed by atoms with van der Waals surface area (Å²) in [5, 5.41) is 14.8. The summed E-state index contributed by atoms with van der Waals surface area (Å²) >= 11 is 0. The molecule has 0 bridgehead atoms. The second-order valence-corrected chi connectivity index (χ2v) is 3.74. The number of carboxylic acid groups (broad SMARTS) is 1. The number of carbonyl (C=O) groups is 1. The largest absolute Gasteiger partial charge is 0.493 e. The van der Waals surface area contributed by atoms with Crippen LogP contribution >= 0.6 is 0 Å². The van der Waals surface area contributed by atoms with Crippen LogP contribution in [0.2, 0.25) is 0 Å². The van der Waals surface area contributed by atoms with Crippen molar-refractivity contribution >= 4 is 12.0 Å². The molecule has 8 nitrogen and oxygen atoms in total. The number of anilines is 1. The first kappa shape index (κ1) is 13.7. The van der Waals surface area contributed by atoms with Crippen molar-refractivity contribution in [2.45, 2.75) is 0 Å². The molecule has 0 aliphatic heterocycles. The number of hydrogen-bond acceptors (Lipinski definition) is 7. The number of ether oxygens (including phenoxy) is 2.